The van der Waals surface area contributed by atoms with Crippen LogP contribution in [0.1, 0.15) is 51.0 Å². The Kier molecular flexibility index (Phi) is 7.33. The van der Waals surface area contributed by atoms with Crippen LogP contribution in [0.25, 0.3) is 10.4 Å². The number of ether oxygens (including phenoxy) is 1. The van der Waals surface area contributed by atoms with Crippen LogP contribution in [-0.4, -0.2) is 0 Å². The molecular weight excluding hydrogens is 336 g/mol. The summed E-state index contributed by atoms with van der Waals surface area (Å²) in [5, 5.41) is 2.10. The molecule has 0 bridgehead atoms. The van der Waals surface area contributed by atoms with Gasteiger partial charge in [-0.1, -0.05) is 69.4 Å². The Labute approximate surface area is 161 Å². The lowest BCUT2D eigenvalue weighted by molar-refractivity contribution is 0.484. The van der Waals surface area contributed by atoms with E-state index >= 15 is 0 Å². The molecule has 0 spiro atoms. The molecular formula is C24H28OS. The van der Waals surface area contributed by atoms with Crippen molar-refractivity contribution in [3.63, 3.8) is 0 Å². The van der Waals surface area contributed by atoms with E-state index in [0.717, 1.165) is 23.5 Å². The van der Waals surface area contributed by atoms with Gasteiger partial charge in [0.2, 0.25) is 0 Å². The highest BCUT2D eigenvalue weighted by molar-refractivity contribution is 7.13. The highest BCUT2D eigenvalue weighted by atomic mass is 32.1. The first kappa shape index (κ1) is 18.7. The molecule has 0 N–H and O–H groups in total. The number of para-hydroxylation sites is 1. The summed E-state index contributed by atoms with van der Waals surface area (Å²) >= 11 is 1.74. The molecule has 3 aromatic rings. The first-order valence-electron chi connectivity index (χ1n) is 9.76. The predicted molar refractivity (Wildman–Crippen MR) is 113 cm³/mol. The normalized spacial score (nSPS) is 10.8. The molecule has 0 atom stereocenters. The van der Waals surface area contributed by atoms with Gasteiger partial charge in [-0.05, 0) is 54.1 Å². The standard InChI is InChI=1S/C24H28OS/c1-2-3-4-5-6-7-11-20-15-17-21(18-16-20)25-23-13-9-8-12-22(23)24-14-10-19-26-24/h8-10,12-19H,2-7,11H2,1H3. The smallest absolute Gasteiger partial charge is 0.136 e. The monoisotopic (exact) mass is 364 g/mol. The van der Waals surface area contributed by atoms with Gasteiger partial charge < -0.3 is 4.74 Å². The third-order valence-electron chi connectivity index (χ3n) is 4.64. The van der Waals surface area contributed by atoms with Crippen molar-refractivity contribution in [3.8, 4) is 21.9 Å². The number of thiophene rings is 1. The van der Waals surface area contributed by atoms with Gasteiger partial charge in [0.1, 0.15) is 11.5 Å². The van der Waals surface area contributed by atoms with Crippen LogP contribution in [0.3, 0.4) is 0 Å². The van der Waals surface area contributed by atoms with E-state index in [1.54, 1.807) is 11.3 Å². The van der Waals surface area contributed by atoms with Gasteiger partial charge >= 0.3 is 0 Å². The zero-order valence-corrected chi connectivity index (χ0v) is 16.4. The van der Waals surface area contributed by atoms with Crippen molar-refractivity contribution in [2.24, 2.45) is 0 Å². The van der Waals surface area contributed by atoms with E-state index in [9.17, 15) is 0 Å². The molecule has 26 heavy (non-hydrogen) atoms. The average molecular weight is 365 g/mol. The summed E-state index contributed by atoms with van der Waals surface area (Å²) in [6.45, 7) is 2.27. The molecule has 0 aliphatic rings. The molecule has 2 aromatic carbocycles. The number of unbranched alkanes of at least 4 members (excludes halogenated alkanes) is 5. The van der Waals surface area contributed by atoms with Crippen molar-refractivity contribution >= 4 is 11.3 Å². The number of rotatable bonds is 10. The second-order valence-corrected chi connectivity index (χ2v) is 7.68. The van der Waals surface area contributed by atoms with Crippen LogP contribution < -0.4 is 4.74 Å². The molecule has 1 heterocycles. The van der Waals surface area contributed by atoms with Gasteiger partial charge in [-0.15, -0.1) is 11.3 Å². The van der Waals surface area contributed by atoms with Crippen molar-refractivity contribution in [3.05, 3.63) is 71.6 Å². The van der Waals surface area contributed by atoms with Crippen molar-refractivity contribution in [1.82, 2.24) is 0 Å². The Bertz CT molecular complexity index is 759. The minimum atomic E-state index is 0.903. The van der Waals surface area contributed by atoms with E-state index in [1.165, 1.54) is 49.0 Å². The molecule has 0 saturated heterocycles. The maximum absolute atomic E-state index is 6.16. The average Bonchev–Trinajstić information content (AvgIpc) is 3.21. The largest absolute Gasteiger partial charge is 0.457 e. The van der Waals surface area contributed by atoms with Gasteiger partial charge in [-0.25, -0.2) is 0 Å². The first-order valence-corrected chi connectivity index (χ1v) is 10.6. The third kappa shape index (κ3) is 5.47. The quantitative estimate of drug-likeness (QED) is 0.330. The topological polar surface area (TPSA) is 9.23 Å². The molecule has 0 saturated carbocycles. The van der Waals surface area contributed by atoms with Crippen LogP contribution in [0.5, 0.6) is 11.5 Å². The summed E-state index contributed by atoms with van der Waals surface area (Å²) in [5.74, 6) is 1.82. The molecule has 0 unspecified atom stereocenters. The molecule has 3 rings (SSSR count). The second-order valence-electron chi connectivity index (χ2n) is 6.74. The Morgan fingerprint density at radius 1 is 0.769 bits per heavy atom. The SMILES string of the molecule is CCCCCCCCc1ccc(Oc2ccccc2-c2cccs2)cc1. The lowest BCUT2D eigenvalue weighted by Crippen LogP contribution is -1.89. The highest BCUT2D eigenvalue weighted by Crippen LogP contribution is 2.35. The molecule has 0 aliphatic carbocycles. The van der Waals surface area contributed by atoms with Gasteiger partial charge in [0.05, 0.1) is 0 Å². The molecule has 0 radical (unpaired) electrons. The molecule has 2 heteroatoms. The highest BCUT2D eigenvalue weighted by Gasteiger charge is 2.07. The van der Waals surface area contributed by atoms with Crippen LogP contribution in [0.15, 0.2) is 66.0 Å². The fourth-order valence-corrected chi connectivity index (χ4v) is 3.91. The van der Waals surface area contributed by atoms with Crippen LogP contribution in [0.2, 0.25) is 0 Å². The minimum Gasteiger partial charge on any atom is -0.457 e. The first-order chi connectivity index (χ1) is 12.9. The zero-order chi connectivity index (χ0) is 18.0. The predicted octanol–water partition coefficient (Wildman–Crippen LogP) is 8.11. The molecule has 0 fully saturated rings. The summed E-state index contributed by atoms with van der Waals surface area (Å²) in [7, 11) is 0. The Hall–Kier alpha value is -2.06. The van der Waals surface area contributed by atoms with E-state index in [2.05, 4.69) is 60.8 Å². The molecule has 0 aliphatic heterocycles. The number of benzene rings is 2. The number of hydrogen-bond acceptors (Lipinski definition) is 2. The Morgan fingerprint density at radius 2 is 1.54 bits per heavy atom. The van der Waals surface area contributed by atoms with Crippen molar-refractivity contribution in [2.75, 3.05) is 0 Å². The Morgan fingerprint density at radius 3 is 2.31 bits per heavy atom. The molecule has 1 aromatic heterocycles. The second kappa shape index (κ2) is 10.2. The lowest BCUT2D eigenvalue weighted by Gasteiger charge is -2.11. The number of hydrogen-bond donors (Lipinski definition) is 0. The molecule has 136 valence electrons. The van der Waals surface area contributed by atoms with E-state index in [-0.39, 0.29) is 0 Å². The van der Waals surface area contributed by atoms with Gasteiger partial charge in [0, 0.05) is 10.4 Å². The van der Waals surface area contributed by atoms with Crippen LogP contribution in [0.4, 0.5) is 0 Å². The summed E-state index contributed by atoms with van der Waals surface area (Å²) in [4.78, 5) is 1.24. The van der Waals surface area contributed by atoms with Gasteiger partial charge in [-0.3, -0.25) is 0 Å². The minimum absolute atomic E-state index is 0.903. The van der Waals surface area contributed by atoms with Crippen molar-refractivity contribution in [1.29, 1.82) is 0 Å². The van der Waals surface area contributed by atoms with E-state index < -0.39 is 0 Å². The Balaban J connectivity index is 1.55. The zero-order valence-electron chi connectivity index (χ0n) is 15.6. The fourth-order valence-electron chi connectivity index (χ4n) is 3.15. The molecule has 0 amide bonds. The van der Waals surface area contributed by atoms with Crippen LogP contribution in [-0.2, 0) is 6.42 Å². The fraction of sp³-hybridized carbons (Fsp3) is 0.333. The van der Waals surface area contributed by atoms with E-state index in [1.807, 2.05) is 12.1 Å². The van der Waals surface area contributed by atoms with Gasteiger partial charge in [-0.2, -0.15) is 0 Å². The summed E-state index contributed by atoms with van der Waals surface area (Å²) < 4.78 is 6.16. The lowest BCUT2D eigenvalue weighted by atomic mass is 10.0. The summed E-state index contributed by atoms with van der Waals surface area (Å²) in [6.07, 6.45) is 9.23. The van der Waals surface area contributed by atoms with E-state index in [4.69, 9.17) is 4.74 Å². The van der Waals surface area contributed by atoms with Gasteiger partial charge in [0.25, 0.3) is 0 Å². The summed E-state index contributed by atoms with van der Waals surface area (Å²) in [6, 6.07) is 21.1. The maximum atomic E-state index is 6.16. The summed E-state index contributed by atoms with van der Waals surface area (Å²) in [5.41, 5.74) is 2.55. The number of aryl methyl sites for hydroxylation is 1. The van der Waals surface area contributed by atoms with Gasteiger partial charge in [0.15, 0.2) is 0 Å². The van der Waals surface area contributed by atoms with Crippen LogP contribution >= 0.6 is 11.3 Å². The van der Waals surface area contributed by atoms with Crippen molar-refractivity contribution < 1.29 is 4.74 Å². The maximum Gasteiger partial charge on any atom is 0.136 e. The van der Waals surface area contributed by atoms with Crippen molar-refractivity contribution in [2.45, 2.75) is 51.9 Å². The van der Waals surface area contributed by atoms with Crippen LogP contribution in [0, 0.1) is 0 Å². The van der Waals surface area contributed by atoms with E-state index in [0.29, 0.717) is 0 Å². The molecule has 1 nitrogen and oxygen atoms in total. The third-order valence-corrected chi connectivity index (χ3v) is 5.55.